The molecule has 6 heteroatoms. The van der Waals surface area contributed by atoms with Crippen LogP contribution in [0.3, 0.4) is 0 Å². The van der Waals surface area contributed by atoms with E-state index in [2.05, 4.69) is 29.8 Å². The molecular formula is C13H15BrN2O3. The molecule has 19 heavy (non-hydrogen) atoms. The number of benzene rings is 1. The number of rotatable bonds is 6. The zero-order chi connectivity index (χ0) is 14.4. The lowest BCUT2D eigenvalue weighted by molar-refractivity contribution is -0.385. The average Bonchev–Trinajstić information content (AvgIpc) is 2.38. The predicted molar refractivity (Wildman–Crippen MR) is 75.4 cm³/mol. The molecular weight excluding hydrogens is 312 g/mol. The highest BCUT2D eigenvalue weighted by atomic mass is 79.9. The monoisotopic (exact) mass is 326 g/mol. The van der Waals surface area contributed by atoms with Crippen LogP contribution in [-0.4, -0.2) is 16.9 Å². The van der Waals surface area contributed by atoms with Gasteiger partial charge in [-0.3, -0.25) is 10.1 Å². The summed E-state index contributed by atoms with van der Waals surface area (Å²) in [5.41, 5.74) is 0.0797. The Morgan fingerprint density at radius 1 is 1.53 bits per heavy atom. The van der Waals surface area contributed by atoms with Crippen LogP contribution in [0.4, 0.5) is 5.69 Å². The third-order valence-electron chi connectivity index (χ3n) is 2.88. The number of alkyl halides is 1. The van der Waals surface area contributed by atoms with E-state index >= 15 is 0 Å². The van der Waals surface area contributed by atoms with E-state index in [4.69, 9.17) is 10.00 Å². The highest BCUT2D eigenvalue weighted by Crippen LogP contribution is 2.28. The SMILES string of the molecule is CC(C)C(CBr)COc1ccc(C#N)cc1[N+](=O)[O-]. The number of nitriles is 1. The minimum Gasteiger partial charge on any atom is -0.486 e. The number of nitro groups is 1. The van der Waals surface area contributed by atoms with Crippen molar-refractivity contribution in [2.24, 2.45) is 11.8 Å². The fourth-order valence-electron chi connectivity index (χ4n) is 1.46. The first-order valence-corrected chi connectivity index (χ1v) is 6.99. The zero-order valence-electron chi connectivity index (χ0n) is 10.8. The minimum atomic E-state index is -0.533. The smallest absolute Gasteiger partial charge is 0.312 e. The van der Waals surface area contributed by atoms with E-state index in [1.807, 2.05) is 6.07 Å². The summed E-state index contributed by atoms with van der Waals surface area (Å²) in [6, 6.07) is 6.10. The van der Waals surface area contributed by atoms with Gasteiger partial charge in [0.2, 0.25) is 0 Å². The predicted octanol–water partition coefficient (Wildman–Crippen LogP) is 3.51. The van der Waals surface area contributed by atoms with E-state index in [-0.39, 0.29) is 22.9 Å². The quantitative estimate of drug-likeness (QED) is 0.455. The molecule has 0 spiro atoms. The van der Waals surface area contributed by atoms with Crippen molar-refractivity contribution in [3.63, 3.8) is 0 Å². The first-order chi connectivity index (χ1) is 8.99. The molecule has 0 saturated carbocycles. The van der Waals surface area contributed by atoms with Crippen molar-refractivity contribution in [3.8, 4) is 11.8 Å². The molecule has 0 aliphatic rings. The van der Waals surface area contributed by atoms with Gasteiger partial charge in [0.25, 0.3) is 0 Å². The van der Waals surface area contributed by atoms with Gasteiger partial charge in [-0.05, 0) is 18.1 Å². The Labute approximate surface area is 120 Å². The highest BCUT2D eigenvalue weighted by molar-refractivity contribution is 9.09. The maximum Gasteiger partial charge on any atom is 0.312 e. The van der Waals surface area contributed by atoms with Crippen molar-refractivity contribution in [2.75, 3.05) is 11.9 Å². The first kappa shape index (κ1) is 15.4. The van der Waals surface area contributed by atoms with Crippen molar-refractivity contribution >= 4 is 21.6 Å². The molecule has 0 saturated heterocycles. The largest absolute Gasteiger partial charge is 0.486 e. The van der Waals surface area contributed by atoms with Crippen LogP contribution in [0.15, 0.2) is 18.2 Å². The van der Waals surface area contributed by atoms with Gasteiger partial charge in [-0.1, -0.05) is 29.8 Å². The van der Waals surface area contributed by atoms with Gasteiger partial charge in [0, 0.05) is 17.3 Å². The Bertz CT molecular complexity index is 497. The van der Waals surface area contributed by atoms with Crippen LogP contribution in [0.2, 0.25) is 0 Å². The summed E-state index contributed by atoms with van der Waals surface area (Å²) < 4.78 is 5.53. The Hall–Kier alpha value is -1.61. The maximum atomic E-state index is 10.9. The Kier molecular flexibility index (Phi) is 5.77. The van der Waals surface area contributed by atoms with E-state index in [0.29, 0.717) is 12.5 Å². The molecule has 102 valence electrons. The highest BCUT2D eigenvalue weighted by Gasteiger charge is 2.19. The summed E-state index contributed by atoms with van der Waals surface area (Å²) in [6.07, 6.45) is 0. The van der Waals surface area contributed by atoms with Crippen molar-refractivity contribution < 1.29 is 9.66 Å². The average molecular weight is 327 g/mol. The van der Waals surface area contributed by atoms with Crippen LogP contribution < -0.4 is 4.74 Å². The van der Waals surface area contributed by atoms with Crippen LogP contribution in [0.1, 0.15) is 19.4 Å². The lowest BCUT2D eigenvalue weighted by Gasteiger charge is -2.18. The molecule has 1 aromatic rings. The molecule has 0 heterocycles. The molecule has 0 aliphatic heterocycles. The van der Waals surface area contributed by atoms with Crippen LogP contribution in [0.5, 0.6) is 5.75 Å². The molecule has 0 aliphatic carbocycles. The van der Waals surface area contributed by atoms with Crippen molar-refractivity contribution in [3.05, 3.63) is 33.9 Å². The van der Waals surface area contributed by atoms with Crippen LogP contribution in [0, 0.1) is 33.3 Å². The number of hydrogen-bond acceptors (Lipinski definition) is 4. The van der Waals surface area contributed by atoms with Crippen LogP contribution in [0.25, 0.3) is 0 Å². The molecule has 5 nitrogen and oxygen atoms in total. The van der Waals surface area contributed by atoms with Crippen molar-refractivity contribution in [2.45, 2.75) is 13.8 Å². The summed E-state index contributed by atoms with van der Waals surface area (Å²) in [4.78, 5) is 10.4. The third kappa shape index (κ3) is 4.21. The molecule has 0 N–H and O–H groups in total. The number of ether oxygens (including phenoxy) is 1. The molecule has 1 rings (SSSR count). The van der Waals surface area contributed by atoms with Gasteiger partial charge in [-0.2, -0.15) is 5.26 Å². The third-order valence-corrected chi connectivity index (χ3v) is 3.71. The molecule has 0 fully saturated rings. The summed E-state index contributed by atoms with van der Waals surface area (Å²) in [5.74, 6) is 0.891. The number of halogens is 1. The maximum absolute atomic E-state index is 10.9. The molecule has 0 bridgehead atoms. The second-order valence-electron chi connectivity index (χ2n) is 4.52. The number of nitrogens with zero attached hydrogens (tertiary/aromatic N) is 2. The summed E-state index contributed by atoms with van der Waals surface area (Å²) in [6.45, 7) is 4.54. The normalized spacial score (nSPS) is 11.9. The molecule has 0 radical (unpaired) electrons. The topological polar surface area (TPSA) is 76.2 Å². The van der Waals surface area contributed by atoms with E-state index in [1.165, 1.54) is 18.2 Å². The fraction of sp³-hybridized carbons (Fsp3) is 0.462. The minimum absolute atomic E-state index is 0.170. The first-order valence-electron chi connectivity index (χ1n) is 5.86. The molecule has 0 amide bonds. The molecule has 1 atom stereocenters. The van der Waals surface area contributed by atoms with Gasteiger partial charge in [0.05, 0.1) is 23.2 Å². The van der Waals surface area contributed by atoms with Gasteiger partial charge < -0.3 is 4.74 Å². The van der Waals surface area contributed by atoms with Crippen LogP contribution >= 0.6 is 15.9 Å². The van der Waals surface area contributed by atoms with Gasteiger partial charge in [-0.25, -0.2) is 0 Å². The second-order valence-corrected chi connectivity index (χ2v) is 5.17. The van der Waals surface area contributed by atoms with E-state index in [9.17, 15) is 10.1 Å². The summed E-state index contributed by atoms with van der Waals surface area (Å²) >= 11 is 3.40. The lowest BCUT2D eigenvalue weighted by atomic mass is 9.99. The molecule has 1 unspecified atom stereocenters. The van der Waals surface area contributed by atoms with Gasteiger partial charge in [-0.15, -0.1) is 0 Å². The van der Waals surface area contributed by atoms with Crippen molar-refractivity contribution in [1.82, 2.24) is 0 Å². The Balaban J connectivity index is 2.89. The molecule has 1 aromatic carbocycles. The summed E-state index contributed by atoms with van der Waals surface area (Å²) in [5, 5.41) is 20.5. The summed E-state index contributed by atoms with van der Waals surface area (Å²) in [7, 11) is 0. The lowest BCUT2D eigenvalue weighted by Crippen LogP contribution is -2.19. The van der Waals surface area contributed by atoms with E-state index in [1.54, 1.807) is 0 Å². The van der Waals surface area contributed by atoms with Gasteiger partial charge in [0.15, 0.2) is 5.75 Å². The standard InChI is InChI=1S/C13H15BrN2O3/c1-9(2)11(6-14)8-19-13-4-3-10(7-15)5-12(13)16(17)18/h3-5,9,11H,6,8H2,1-2H3. The van der Waals surface area contributed by atoms with E-state index in [0.717, 1.165) is 5.33 Å². The fourth-order valence-corrected chi connectivity index (χ4v) is 2.40. The zero-order valence-corrected chi connectivity index (χ0v) is 12.4. The van der Waals surface area contributed by atoms with Gasteiger partial charge in [0.1, 0.15) is 0 Å². The number of nitro benzene ring substituents is 1. The number of hydrogen-bond donors (Lipinski definition) is 0. The Morgan fingerprint density at radius 2 is 2.21 bits per heavy atom. The second kappa shape index (κ2) is 7.10. The van der Waals surface area contributed by atoms with Crippen LogP contribution in [-0.2, 0) is 0 Å². The van der Waals surface area contributed by atoms with Gasteiger partial charge >= 0.3 is 5.69 Å². The van der Waals surface area contributed by atoms with Crippen molar-refractivity contribution in [1.29, 1.82) is 5.26 Å². The molecule has 0 aromatic heterocycles. The Morgan fingerprint density at radius 3 is 2.68 bits per heavy atom. The van der Waals surface area contributed by atoms with E-state index < -0.39 is 4.92 Å².